The second-order valence-electron chi connectivity index (χ2n) is 5.33. The first-order chi connectivity index (χ1) is 8.65. The molecule has 1 aliphatic heterocycles. The molecule has 3 atom stereocenters. The molecular weight excluding hydrogens is 230 g/mol. The average molecular weight is 251 g/mol. The number of amides is 1. The molecule has 100 valence electrons. The van der Waals surface area contributed by atoms with Crippen molar-refractivity contribution in [1.82, 2.24) is 4.90 Å². The number of carbonyl (C=O) groups is 2. The van der Waals surface area contributed by atoms with E-state index in [0.717, 1.165) is 19.3 Å². The van der Waals surface area contributed by atoms with E-state index in [1.165, 1.54) is 6.42 Å². The van der Waals surface area contributed by atoms with Crippen molar-refractivity contribution in [3.8, 4) is 0 Å². The second kappa shape index (κ2) is 5.55. The number of carboxylic acid groups (broad SMARTS) is 1. The van der Waals surface area contributed by atoms with E-state index in [9.17, 15) is 14.7 Å². The Morgan fingerprint density at radius 2 is 2.06 bits per heavy atom. The number of hydrogen-bond donors (Lipinski definition) is 1. The third-order valence-electron chi connectivity index (χ3n) is 4.22. The third kappa shape index (κ3) is 2.42. The molecule has 0 aromatic carbocycles. The topological polar surface area (TPSA) is 57.6 Å². The van der Waals surface area contributed by atoms with Crippen molar-refractivity contribution < 1.29 is 14.7 Å². The van der Waals surface area contributed by atoms with Gasteiger partial charge in [-0.25, -0.2) is 4.79 Å². The van der Waals surface area contributed by atoms with Gasteiger partial charge in [-0.05, 0) is 31.6 Å². The number of allylic oxidation sites excluding steroid dienone is 1. The molecule has 4 heteroatoms. The molecule has 4 nitrogen and oxygen atoms in total. The van der Waals surface area contributed by atoms with E-state index in [-0.39, 0.29) is 11.9 Å². The largest absolute Gasteiger partial charge is 0.480 e. The van der Waals surface area contributed by atoms with Crippen LogP contribution < -0.4 is 0 Å². The van der Waals surface area contributed by atoms with Gasteiger partial charge in [0.2, 0.25) is 5.91 Å². The summed E-state index contributed by atoms with van der Waals surface area (Å²) in [4.78, 5) is 25.2. The van der Waals surface area contributed by atoms with Crippen molar-refractivity contribution in [2.24, 2.45) is 5.92 Å². The average Bonchev–Trinajstić information content (AvgIpc) is 2.75. The smallest absolute Gasteiger partial charge is 0.326 e. The van der Waals surface area contributed by atoms with Crippen molar-refractivity contribution in [3.05, 3.63) is 12.7 Å². The maximum absolute atomic E-state index is 12.2. The number of likely N-dealkylation sites (tertiary alicyclic amines) is 1. The SMILES string of the molecule is C=CCCC(=O)N1[C@H](C(=O)O)C[C@@H]2CCCC[C@@H]21. The molecule has 1 aliphatic carbocycles. The van der Waals surface area contributed by atoms with Gasteiger partial charge in [0.1, 0.15) is 6.04 Å². The predicted molar refractivity (Wildman–Crippen MR) is 68.1 cm³/mol. The molecule has 0 aromatic heterocycles. The zero-order chi connectivity index (χ0) is 13.1. The zero-order valence-corrected chi connectivity index (χ0v) is 10.7. The number of carbonyl (C=O) groups excluding carboxylic acids is 1. The van der Waals surface area contributed by atoms with Gasteiger partial charge in [-0.2, -0.15) is 0 Å². The molecule has 18 heavy (non-hydrogen) atoms. The fourth-order valence-electron chi connectivity index (χ4n) is 3.39. The number of hydrogen-bond acceptors (Lipinski definition) is 2. The molecule has 1 amide bonds. The first kappa shape index (κ1) is 13.1. The Bertz CT molecular complexity index is 353. The van der Waals surface area contributed by atoms with Gasteiger partial charge in [-0.3, -0.25) is 4.79 Å². The van der Waals surface area contributed by atoms with Crippen LogP contribution in [0.25, 0.3) is 0 Å². The van der Waals surface area contributed by atoms with Crippen LogP contribution in [0.1, 0.15) is 44.9 Å². The molecule has 1 heterocycles. The number of nitrogens with zero attached hydrogens (tertiary/aromatic N) is 1. The summed E-state index contributed by atoms with van der Waals surface area (Å²) < 4.78 is 0. The van der Waals surface area contributed by atoms with E-state index in [4.69, 9.17) is 0 Å². The molecule has 0 radical (unpaired) electrons. The van der Waals surface area contributed by atoms with E-state index in [1.807, 2.05) is 0 Å². The van der Waals surface area contributed by atoms with Gasteiger partial charge < -0.3 is 10.0 Å². The Labute approximate surface area is 108 Å². The first-order valence-electron chi connectivity index (χ1n) is 6.80. The molecule has 0 aromatic rings. The summed E-state index contributed by atoms with van der Waals surface area (Å²) in [6.45, 7) is 3.61. The van der Waals surface area contributed by atoms with Crippen molar-refractivity contribution in [2.45, 2.75) is 57.0 Å². The van der Waals surface area contributed by atoms with Gasteiger partial charge in [0.25, 0.3) is 0 Å². The van der Waals surface area contributed by atoms with E-state index < -0.39 is 12.0 Å². The molecule has 2 fully saturated rings. The summed E-state index contributed by atoms with van der Waals surface area (Å²) in [7, 11) is 0. The third-order valence-corrected chi connectivity index (χ3v) is 4.22. The number of fused-ring (bicyclic) bond motifs is 1. The molecule has 0 bridgehead atoms. The summed E-state index contributed by atoms with van der Waals surface area (Å²) in [5, 5.41) is 9.29. The van der Waals surface area contributed by atoms with E-state index in [1.54, 1.807) is 11.0 Å². The lowest BCUT2D eigenvalue weighted by Gasteiger charge is -2.33. The highest BCUT2D eigenvalue weighted by atomic mass is 16.4. The maximum Gasteiger partial charge on any atom is 0.326 e. The molecule has 1 N–H and O–H groups in total. The van der Waals surface area contributed by atoms with Gasteiger partial charge in [0, 0.05) is 12.5 Å². The van der Waals surface area contributed by atoms with Gasteiger partial charge in [-0.1, -0.05) is 18.9 Å². The van der Waals surface area contributed by atoms with Crippen molar-refractivity contribution >= 4 is 11.9 Å². The fraction of sp³-hybridized carbons (Fsp3) is 0.714. The highest BCUT2D eigenvalue weighted by Crippen LogP contribution is 2.40. The van der Waals surface area contributed by atoms with Crippen LogP contribution in [0.5, 0.6) is 0 Å². The van der Waals surface area contributed by atoms with Gasteiger partial charge >= 0.3 is 5.97 Å². The Morgan fingerprint density at radius 1 is 1.33 bits per heavy atom. The van der Waals surface area contributed by atoms with Crippen LogP contribution in [0.3, 0.4) is 0 Å². The van der Waals surface area contributed by atoms with Gasteiger partial charge in [0.05, 0.1) is 0 Å². The highest BCUT2D eigenvalue weighted by Gasteiger charge is 2.46. The molecule has 1 saturated heterocycles. The zero-order valence-electron chi connectivity index (χ0n) is 10.7. The summed E-state index contributed by atoms with van der Waals surface area (Å²) in [5.74, 6) is -0.472. The number of rotatable bonds is 4. The lowest BCUT2D eigenvalue weighted by atomic mass is 9.84. The minimum atomic E-state index is -0.851. The Balaban J connectivity index is 2.13. The maximum atomic E-state index is 12.2. The monoisotopic (exact) mass is 251 g/mol. The van der Waals surface area contributed by atoms with Crippen molar-refractivity contribution in [1.29, 1.82) is 0 Å². The van der Waals surface area contributed by atoms with Crippen LogP contribution in [-0.4, -0.2) is 34.0 Å². The lowest BCUT2D eigenvalue weighted by Crippen LogP contribution is -2.46. The van der Waals surface area contributed by atoms with Crippen LogP contribution in [-0.2, 0) is 9.59 Å². The molecule has 2 aliphatic rings. The fourth-order valence-corrected chi connectivity index (χ4v) is 3.39. The standard InChI is InChI=1S/C14H21NO3/c1-2-3-8-13(16)15-11-7-5-4-6-10(11)9-12(15)14(17)18/h2,10-12H,1,3-9H2,(H,17,18)/t10-,11-,12-/m0/s1. The van der Waals surface area contributed by atoms with Crippen molar-refractivity contribution in [2.75, 3.05) is 0 Å². The number of carboxylic acids is 1. The molecular formula is C14H21NO3. The van der Waals surface area contributed by atoms with Crippen LogP contribution in [0.2, 0.25) is 0 Å². The lowest BCUT2D eigenvalue weighted by molar-refractivity contribution is -0.149. The van der Waals surface area contributed by atoms with Crippen LogP contribution in [0.15, 0.2) is 12.7 Å². The quantitative estimate of drug-likeness (QED) is 0.779. The van der Waals surface area contributed by atoms with Crippen LogP contribution in [0.4, 0.5) is 0 Å². The Kier molecular flexibility index (Phi) is 4.04. The number of aliphatic carboxylic acids is 1. The van der Waals surface area contributed by atoms with Crippen LogP contribution >= 0.6 is 0 Å². The van der Waals surface area contributed by atoms with E-state index in [2.05, 4.69) is 6.58 Å². The normalized spacial score (nSPS) is 30.9. The summed E-state index contributed by atoms with van der Waals surface area (Å²) in [6, 6.07) is -0.437. The van der Waals surface area contributed by atoms with E-state index >= 15 is 0 Å². The Morgan fingerprint density at radius 3 is 2.72 bits per heavy atom. The van der Waals surface area contributed by atoms with Gasteiger partial charge in [0.15, 0.2) is 0 Å². The molecule has 2 rings (SSSR count). The summed E-state index contributed by atoms with van der Waals surface area (Å²) in [6.07, 6.45) is 7.67. The molecule has 0 unspecified atom stereocenters. The minimum absolute atomic E-state index is 0.0169. The minimum Gasteiger partial charge on any atom is -0.480 e. The first-order valence-corrected chi connectivity index (χ1v) is 6.80. The molecule has 1 saturated carbocycles. The summed E-state index contributed by atoms with van der Waals surface area (Å²) >= 11 is 0. The predicted octanol–water partition coefficient (Wildman–Crippen LogP) is 2.20. The van der Waals surface area contributed by atoms with Crippen molar-refractivity contribution in [3.63, 3.8) is 0 Å². The Hall–Kier alpha value is -1.32. The molecule has 0 spiro atoms. The van der Waals surface area contributed by atoms with E-state index in [0.29, 0.717) is 25.2 Å². The highest BCUT2D eigenvalue weighted by molar-refractivity contribution is 5.84. The summed E-state index contributed by atoms with van der Waals surface area (Å²) in [5.41, 5.74) is 0. The van der Waals surface area contributed by atoms with Crippen LogP contribution in [0, 0.1) is 5.92 Å². The second-order valence-corrected chi connectivity index (χ2v) is 5.33. The van der Waals surface area contributed by atoms with Gasteiger partial charge in [-0.15, -0.1) is 6.58 Å².